The van der Waals surface area contributed by atoms with E-state index in [0.29, 0.717) is 19.8 Å². The monoisotopic (exact) mass is 281 g/mol. The van der Waals surface area contributed by atoms with Gasteiger partial charge in [-0.2, -0.15) is 0 Å². The molecule has 0 radical (unpaired) electrons. The van der Waals surface area contributed by atoms with Crippen LogP contribution in [0.3, 0.4) is 0 Å². The summed E-state index contributed by atoms with van der Waals surface area (Å²) in [6.07, 6.45) is 2.28. The van der Waals surface area contributed by atoms with Crippen molar-refractivity contribution in [1.82, 2.24) is 0 Å². The Balaban J connectivity index is 2.49. The first-order valence-electron chi connectivity index (χ1n) is 7.53. The van der Waals surface area contributed by atoms with Crippen molar-refractivity contribution in [3.63, 3.8) is 0 Å². The summed E-state index contributed by atoms with van der Waals surface area (Å²) in [4.78, 5) is 0. The fourth-order valence-corrected chi connectivity index (χ4v) is 1.79. The Morgan fingerprint density at radius 3 is 2.50 bits per heavy atom. The molecule has 0 aliphatic heterocycles. The Labute approximate surface area is 122 Å². The molecule has 0 amide bonds. The highest BCUT2D eigenvalue weighted by Gasteiger charge is 2.05. The summed E-state index contributed by atoms with van der Waals surface area (Å²) in [5, 5.41) is 3.34. The topological polar surface area (TPSA) is 39.7 Å². The molecule has 0 heterocycles. The van der Waals surface area contributed by atoms with E-state index in [9.17, 15) is 0 Å². The Bertz CT molecular complexity index is 369. The van der Waals surface area contributed by atoms with Crippen LogP contribution in [0.5, 0.6) is 11.5 Å². The maximum Gasteiger partial charge on any atom is 0.142 e. The van der Waals surface area contributed by atoms with E-state index in [4.69, 9.17) is 14.2 Å². The molecule has 4 heteroatoms. The zero-order valence-electron chi connectivity index (χ0n) is 12.9. The second-order valence-electron chi connectivity index (χ2n) is 4.42. The normalized spacial score (nSPS) is 10.3. The number of hydrogen-bond acceptors (Lipinski definition) is 4. The second-order valence-corrected chi connectivity index (χ2v) is 4.42. The predicted molar refractivity (Wildman–Crippen MR) is 83.0 cm³/mol. The molecule has 0 bridgehead atoms. The molecular weight excluding hydrogens is 254 g/mol. The highest BCUT2D eigenvalue weighted by molar-refractivity contribution is 5.59. The quantitative estimate of drug-likeness (QED) is 0.628. The molecule has 0 aliphatic carbocycles. The molecule has 0 saturated carbocycles. The van der Waals surface area contributed by atoms with Crippen LogP contribution in [0.15, 0.2) is 18.2 Å². The maximum absolute atomic E-state index is 5.61. The van der Waals surface area contributed by atoms with Crippen molar-refractivity contribution in [3.05, 3.63) is 18.2 Å². The van der Waals surface area contributed by atoms with Gasteiger partial charge in [0.25, 0.3) is 0 Å². The van der Waals surface area contributed by atoms with Gasteiger partial charge in [0.05, 0.1) is 25.5 Å². The van der Waals surface area contributed by atoms with Gasteiger partial charge in [-0.25, -0.2) is 0 Å². The number of unbranched alkanes of at least 4 members (excludes halogenated alkanes) is 1. The number of hydrogen-bond donors (Lipinski definition) is 1. The van der Waals surface area contributed by atoms with Gasteiger partial charge >= 0.3 is 0 Å². The van der Waals surface area contributed by atoms with Gasteiger partial charge in [0.2, 0.25) is 0 Å². The summed E-state index contributed by atoms with van der Waals surface area (Å²) in [6, 6.07) is 5.84. The van der Waals surface area contributed by atoms with Crippen molar-refractivity contribution in [2.24, 2.45) is 0 Å². The Kier molecular flexibility index (Phi) is 8.63. The van der Waals surface area contributed by atoms with Gasteiger partial charge in [0.1, 0.15) is 11.5 Å². The fraction of sp³-hybridized carbons (Fsp3) is 0.625. The van der Waals surface area contributed by atoms with E-state index >= 15 is 0 Å². The lowest BCUT2D eigenvalue weighted by atomic mass is 10.2. The summed E-state index contributed by atoms with van der Waals surface area (Å²) >= 11 is 0. The Hall–Kier alpha value is -1.42. The molecule has 1 aromatic rings. The van der Waals surface area contributed by atoms with Crippen LogP contribution in [-0.2, 0) is 4.74 Å². The zero-order valence-corrected chi connectivity index (χ0v) is 12.9. The summed E-state index contributed by atoms with van der Waals surface area (Å²) < 4.78 is 16.7. The lowest BCUT2D eigenvalue weighted by Crippen LogP contribution is -2.11. The molecular formula is C16H27NO3. The van der Waals surface area contributed by atoms with Crippen LogP contribution in [0, 0.1) is 0 Å². The molecule has 0 saturated heterocycles. The van der Waals surface area contributed by atoms with Gasteiger partial charge in [-0.15, -0.1) is 0 Å². The fourth-order valence-electron chi connectivity index (χ4n) is 1.79. The SMILES string of the molecule is CCCCOCCNc1cc(OCC)ccc1OCC. The van der Waals surface area contributed by atoms with Crippen LogP contribution in [0.2, 0.25) is 0 Å². The Morgan fingerprint density at radius 2 is 1.80 bits per heavy atom. The molecule has 1 aromatic carbocycles. The number of rotatable bonds is 11. The largest absolute Gasteiger partial charge is 0.494 e. The lowest BCUT2D eigenvalue weighted by molar-refractivity contribution is 0.141. The number of anilines is 1. The lowest BCUT2D eigenvalue weighted by Gasteiger charge is -2.14. The molecule has 1 N–H and O–H groups in total. The molecule has 4 nitrogen and oxygen atoms in total. The van der Waals surface area contributed by atoms with Crippen molar-refractivity contribution < 1.29 is 14.2 Å². The van der Waals surface area contributed by atoms with E-state index in [1.807, 2.05) is 32.0 Å². The smallest absolute Gasteiger partial charge is 0.142 e. The minimum Gasteiger partial charge on any atom is -0.494 e. The predicted octanol–water partition coefficient (Wildman–Crippen LogP) is 3.71. The molecule has 0 spiro atoms. The molecule has 1 rings (SSSR count). The van der Waals surface area contributed by atoms with Crippen LogP contribution in [-0.4, -0.2) is 33.0 Å². The number of benzene rings is 1. The van der Waals surface area contributed by atoms with Crippen LogP contribution in [0.1, 0.15) is 33.6 Å². The van der Waals surface area contributed by atoms with Crippen molar-refractivity contribution in [2.45, 2.75) is 33.6 Å². The summed E-state index contributed by atoms with van der Waals surface area (Å²) in [5.41, 5.74) is 0.955. The van der Waals surface area contributed by atoms with Crippen LogP contribution >= 0.6 is 0 Å². The van der Waals surface area contributed by atoms with E-state index in [1.54, 1.807) is 0 Å². The molecule has 114 valence electrons. The first kappa shape index (κ1) is 16.6. The highest BCUT2D eigenvalue weighted by atomic mass is 16.5. The summed E-state index contributed by atoms with van der Waals surface area (Å²) in [6.45, 7) is 9.72. The molecule has 0 atom stereocenters. The molecule has 20 heavy (non-hydrogen) atoms. The van der Waals surface area contributed by atoms with Crippen LogP contribution < -0.4 is 14.8 Å². The second kappa shape index (κ2) is 10.4. The van der Waals surface area contributed by atoms with Crippen LogP contribution in [0.25, 0.3) is 0 Å². The van der Waals surface area contributed by atoms with Crippen molar-refractivity contribution in [3.8, 4) is 11.5 Å². The van der Waals surface area contributed by atoms with E-state index < -0.39 is 0 Å². The molecule has 0 unspecified atom stereocenters. The van der Waals surface area contributed by atoms with Crippen molar-refractivity contribution in [2.75, 3.05) is 38.3 Å². The van der Waals surface area contributed by atoms with Crippen molar-refractivity contribution in [1.29, 1.82) is 0 Å². The zero-order chi connectivity index (χ0) is 14.6. The Morgan fingerprint density at radius 1 is 1.00 bits per heavy atom. The average Bonchev–Trinajstić information content (AvgIpc) is 2.45. The van der Waals surface area contributed by atoms with Crippen molar-refractivity contribution >= 4 is 5.69 Å². The van der Waals surface area contributed by atoms with Crippen LogP contribution in [0.4, 0.5) is 5.69 Å². The maximum atomic E-state index is 5.61. The standard InChI is InChI=1S/C16H27NO3/c1-4-7-11-18-12-10-17-15-13-14(19-5-2)8-9-16(15)20-6-3/h8-9,13,17H,4-7,10-12H2,1-3H3. The van der Waals surface area contributed by atoms with E-state index in [1.165, 1.54) is 0 Å². The molecule has 0 aliphatic rings. The summed E-state index contributed by atoms with van der Waals surface area (Å²) in [7, 11) is 0. The van der Waals surface area contributed by atoms with Gasteiger partial charge < -0.3 is 19.5 Å². The van der Waals surface area contributed by atoms with Gasteiger partial charge in [-0.3, -0.25) is 0 Å². The highest BCUT2D eigenvalue weighted by Crippen LogP contribution is 2.29. The van der Waals surface area contributed by atoms with E-state index in [0.717, 1.165) is 43.2 Å². The van der Waals surface area contributed by atoms with E-state index in [2.05, 4.69) is 12.2 Å². The molecule has 0 fully saturated rings. The first-order chi connectivity index (χ1) is 9.81. The third-order valence-corrected chi connectivity index (χ3v) is 2.77. The molecule has 0 aromatic heterocycles. The summed E-state index contributed by atoms with van der Waals surface area (Å²) in [5.74, 6) is 1.70. The van der Waals surface area contributed by atoms with Gasteiger partial charge in [-0.1, -0.05) is 13.3 Å². The third-order valence-electron chi connectivity index (χ3n) is 2.77. The number of ether oxygens (including phenoxy) is 3. The minimum absolute atomic E-state index is 0.648. The minimum atomic E-state index is 0.648. The van der Waals surface area contributed by atoms with E-state index in [-0.39, 0.29) is 0 Å². The van der Waals surface area contributed by atoms with Gasteiger partial charge in [-0.05, 0) is 32.4 Å². The van der Waals surface area contributed by atoms with Gasteiger partial charge in [0, 0.05) is 19.2 Å². The average molecular weight is 281 g/mol. The van der Waals surface area contributed by atoms with Gasteiger partial charge in [0.15, 0.2) is 0 Å². The first-order valence-corrected chi connectivity index (χ1v) is 7.53. The number of nitrogens with one attached hydrogen (secondary N) is 1. The third kappa shape index (κ3) is 6.15.